The minimum absolute atomic E-state index is 0.0635. The van der Waals surface area contributed by atoms with E-state index in [0.717, 1.165) is 25.7 Å². The van der Waals surface area contributed by atoms with Gasteiger partial charge in [-0.25, -0.2) is 4.98 Å². The largest absolute Gasteiger partial charge is 0.353 e. The predicted octanol–water partition coefficient (Wildman–Crippen LogP) is 1.43. The van der Waals surface area contributed by atoms with Crippen LogP contribution in [0.2, 0.25) is 0 Å². The van der Waals surface area contributed by atoms with Gasteiger partial charge in [0.2, 0.25) is 5.91 Å². The Hall–Kier alpha value is -2.22. The number of likely N-dealkylation sites (tertiary alicyclic amines) is 1. The van der Waals surface area contributed by atoms with Crippen LogP contribution in [0.3, 0.4) is 0 Å². The zero-order valence-corrected chi connectivity index (χ0v) is 15.8. The van der Waals surface area contributed by atoms with Crippen molar-refractivity contribution in [3.05, 3.63) is 27.1 Å². The van der Waals surface area contributed by atoms with Gasteiger partial charge in [0.15, 0.2) is 0 Å². The maximum absolute atomic E-state index is 13.1. The van der Waals surface area contributed by atoms with Crippen LogP contribution < -0.4 is 10.9 Å². The van der Waals surface area contributed by atoms with E-state index in [1.165, 1.54) is 22.2 Å². The van der Waals surface area contributed by atoms with Crippen LogP contribution in [0.5, 0.6) is 0 Å². The van der Waals surface area contributed by atoms with Crippen molar-refractivity contribution in [1.29, 1.82) is 0 Å². The van der Waals surface area contributed by atoms with Crippen molar-refractivity contribution < 1.29 is 9.59 Å². The number of piperidine rings is 1. The van der Waals surface area contributed by atoms with E-state index in [4.69, 9.17) is 0 Å². The lowest BCUT2D eigenvalue weighted by atomic mass is 9.96. The van der Waals surface area contributed by atoms with Gasteiger partial charge >= 0.3 is 0 Å². The van der Waals surface area contributed by atoms with Crippen LogP contribution in [-0.2, 0) is 11.8 Å². The molecule has 1 unspecified atom stereocenters. The number of hydrogen-bond donors (Lipinski definition) is 1. The Morgan fingerprint density at radius 1 is 1.31 bits per heavy atom. The highest BCUT2D eigenvalue weighted by Gasteiger charge is 2.33. The Bertz CT molecular complexity index is 944. The quantitative estimate of drug-likeness (QED) is 0.881. The van der Waals surface area contributed by atoms with Crippen LogP contribution in [0, 0.1) is 12.8 Å². The van der Waals surface area contributed by atoms with E-state index < -0.39 is 0 Å². The standard InChI is InChI=1S/C18H22N4O3S/c1-10-13-16(19-9-21(2)17(13)24)26-14(10)18(25)22-7-3-4-11(8-22)15(23)20-12-5-6-12/h9,11-12H,3-8H2,1-2H3,(H,20,23). The van der Waals surface area contributed by atoms with E-state index in [1.54, 1.807) is 18.9 Å². The number of carbonyl (C=O) groups is 2. The second-order valence-corrected chi connectivity index (χ2v) is 8.27. The number of hydrogen-bond acceptors (Lipinski definition) is 5. The summed E-state index contributed by atoms with van der Waals surface area (Å²) in [5.74, 6) is -0.181. The normalized spacial score (nSPS) is 20.4. The van der Waals surface area contributed by atoms with Gasteiger partial charge in [0.05, 0.1) is 22.5 Å². The molecule has 4 rings (SSSR count). The molecule has 1 aliphatic carbocycles. The molecule has 2 fully saturated rings. The summed E-state index contributed by atoms with van der Waals surface area (Å²) >= 11 is 1.26. The molecule has 2 aliphatic rings. The lowest BCUT2D eigenvalue weighted by molar-refractivity contribution is -0.126. The van der Waals surface area contributed by atoms with Gasteiger partial charge in [-0.1, -0.05) is 0 Å². The van der Waals surface area contributed by atoms with Gasteiger partial charge in [-0.3, -0.25) is 14.4 Å². The number of rotatable bonds is 3. The molecule has 138 valence electrons. The van der Waals surface area contributed by atoms with E-state index in [0.29, 0.717) is 39.8 Å². The highest BCUT2D eigenvalue weighted by Crippen LogP contribution is 2.29. The highest BCUT2D eigenvalue weighted by molar-refractivity contribution is 7.20. The Labute approximate surface area is 155 Å². The van der Waals surface area contributed by atoms with Gasteiger partial charge in [0, 0.05) is 26.2 Å². The second-order valence-electron chi connectivity index (χ2n) is 7.27. The first kappa shape index (κ1) is 17.2. The summed E-state index contributed by atoms with van der Waals surface area (Å²) in [6.45, 7) is 2.89. The summed E-state index contributed by atoms with van der Waals surface area (Å²) in [5, 5.41) is 3.56. The maximum Gasteiger partial charge on any atom is 0.264 e. The third-order valence-electron chi connectivity index (χ3n) is 5.21. The molecule has 7 nitrogen and oxygen atoms in total. The van der Waals surface area contributed by atoms with Crippen molar-refractivity contribution in [3.8, 4) is 0 Å². The molecule has 2 amide bonds. The zero-order chi connectivity index (χ0) is 18.4. The van der Waals surface area contributed by atoms with Crippen LogP contribution in [0.1, 0.15) is 40.9 Å². The van der Waals surface area contributed by atoms with Crippen molar-refractivity contribution in [1.82, 2.24) is 19.8 Å². The molecule has 0 radical (unpaired) electrons. The molecule has 0 bridgehead atoms. The smallest absolute Gasteiger partial charge is 0.264 e. The molecule has 1 N–H and O–H groups in total. The monoisotopic (exact) mass is 374 g/mol. The van der Waals surface area contributed by atoms with Gasteiger partial charge in [0.25, 0.3) is 11.5 Å². The van der Waals surface area contributed by atoms with Crippen LogP contribution >= 0.6 is 11.3 Å². The SMILES string of the molecule is Cc1c(C(=O)N2CCCC(C(=O)NC3CC3)C2)sc2ncn(C)c(=O)c12. The minimum atomic E-state index is -0.144. The highest BCUT2D eigenvalue weighted by atomic mass is 32.1. The van der Waals surface area contributed by atoms with E-state index in [2.05, 4.69) is 10.3 Å². The summed E-state index contributed by atoms with van der Waals surface area (Å²) in [4.78, 5) is 44.9. The fourth-order valence-corrected chi connectivity index (χ4v) is 4.59. The molecule has 3 heterocycles. The van der Waals surface area contributed by atoms with E-state index in [9.17, 15) is 14.4 Å². The molecule has 1 saturated heterocycles. The van der Waals surface area contributed by atoms with Crippen molar-refractivity contribution in [2.24, 2.45) is 13.0 Å². The first-order chi connectivity index (χ1) is 12.5. The number of aromatic nitrogens is 2. The molecule has 26 heavy (non-hydrogen) atoms. The van der Waals surface area contributed by atoms with Gasteiger partial charge < -0.3 is 14.8 Å². The first-order valence-electron chi connectivity index (χ1n) is 9.00. The summed E-state index contributed by atoms with van der Waals surface area (Å²) in [6.07, 6.45) is 5.23. The van der Waals surface area contributed by atoms with E-state index in [1.807, 2.05) is 0 Å². The van der Waals surface area contributed by atoms with Crippen LogP contribution in [0.15, 0.2) is 11.1 Å². The van der Waals surface area contributed by atoms with E-state index in [-0.39, 0.29) is 23.3 Å². The molecule has 1 atom stereocenters. The molecular weight excluding hydrogens is 352 g/mol. The molecule has 0 spiro atoms. The fraction of sp³-hybridized carbons (Fsp3) is 0.556. The number of nitrogens with one attached hydrogen (secondary N) is 1. The average molecular weight is 374 g/mol. The molecule has 8 heteroatoms. The van der Waals surface area contributed by atoms with Gasteiger partial charge in [0.1, 0.15) is 4.83 Å². The Morgan fingerprint density at radius 3 is 2.81 bits per heavy atom. The van der Waals surface area contributed by atoms with Gasteiger partial charge in [-0.15, -0.1) is 11.3 Å². The van der Waals surface area contributed by atoms with Crippen LogP contribution in [0.25, 0.3) is 10.2 Å². The third kappa shape index (κ3) is 3.02. The van der Waals surface area contributed by atoms with Crippen LogP contribution in [0.4, 0.5) is 0 Å². The first-order valence-corrected chi connectivity index (χ1v) is 9.81. The number of nitrogens with zero attached hydrogens (tertiary/aromatic N) is 3. The number of carbonyl (C=O) groups excluding carboxylic acids is 2. The third-order valence-corrected chi connectivity index (χ3v) is 6.40. The Morgan fingerprint density at radius 2 is 2.08 bits per heavy atom. The summed E-state index contributed by atoms with van der Waals surface area (Å²) < 4.78 is 1.43. The molecule has 0 aromatic carbocycles. The number of aryl methyl sites for hydroxylation is 2. The molecule has 2 aromatic heterocycles. The number of amides is 2. The fourth-order valence-electron chi connectivity index (χ4n) is 3.48. The zero-order valence-electron chi connectivity index (χ0n) is 14.9. The molecular formula is C18H22N4O3S. The number of fused-ring (bicyclic) bond motifs is 1. The van der Waals surface area contributed by atoms with Gasteiger partial charge in [-0.2, -0.15) is 0 Å². The van der Waals surface area contributed by atoms with Crippen molar-refractivity contribution in [3.63, 3.8) is 0 Å². The lowest BCUT2D eigenvalue weighted by Crippen LogP contribution is -2.45. The summed E-state index contributed by atoms with van der Waals surface area (Å²) in [7, 11) is 1.65. The van der Waals surface area contributed by atoms with Crippen molar-refractivity contribution in [2.45, 2.75) is 38.6 Å². The van der Waals surface area contributed by atoms with Crippen molar-refractivity contribution >= 4 is 33.4 Å². The molecule has 2 aromatic rings. The van der Waals surface area contributed by atoms with Crippen LogP contribution in [-0.4, -0.2) is 45.4 Å². The topological polar surface area (TPSA) is 84.3 Å². The Balaban J connectivity index is 1.58. The van der Waals surface area contributed by atoms with Crippen molar-refractivity contribution in [2.75, 3.05) is 13.1 Å². The van der Waals surface area contributed by atoms with Gasteiger partial charge in [-0.05, 0) is 38.2 Å². The predicted molar refractivity (Wildman–Crippen MR) is 99.4 cm³/mol. The summed E-state index contributed by atoms with van der Waals surface area (Å²) in [5.41, 5.74) is 0.552. The summed E-state index contributed by atoms with van der Waals surface area (Å²) in [6, 6.07) is 0.334. The maximum atomic E-state index is 13.1. The lowest BCUT2D eigenvalue weighted by Gasteiger charge is -2.32. The Kier molecular flexibility index (Phi) is 4.30. The molecule has 1 saturated carbocycles. The average Bonchev–Trinajstić information content (AvgIpc) is 3.39. The second kappa shape index (κ2) is 6.50. The molecule has 1 aliphatic heterocycles. The number of thiophene rings is 1. The minimum Gasteiger partial charge on any atom is -0.353 e. The van der Waals surface area contributed by atoms with E-state index >= 15 is 0 Å².